The van der Waals surface area contributed by atoms with Crippen LogP contribution in [-0.2, 0) is 9.53 Å². The van der Waals surface area contributed by atoms with Crippen molar-refractivity contribution in [2.24, 2.45) is 0 Å². The lowest BCUT2D eigenvalue weighted by Gasteiger charge is -2.31. The molecule has 0 spiro atoms. The van der Waals surface area contributed by atoms with Crippen LogP contribution in [0, 0.1) is 11.8 Å². The van der Waals surface area contributed by atoms with Gasteiger partial charge >= 0.3 is 5.97 Å². The predicted molar refractivity (Wildman–Crippen MR) is 89.1 cm³/mol. The van der Waals surface area contributed by atoms with E-state index in [9.17, 15) is 9.59 Å². The number of fused-ring (bicyclic) bond motifs is 1. The van der Waals surface area contributed by atoms with Crippen LogP contribution in [0.15, 0.2) is 48.5 Å². The number of para-hydroxylation sites is 1. The normalized spacial score (nSPS) is 18.7. The van der Waals surface area contributed by atoms with Crippen LogP contribution in [0.3, 0.4) is 0 Å². The fourth-order valence-electron chi connectivity index (χ4n) is 2.44. The van der Waals surface area contributed by atoms with Gasteiger partial charge in [-0.15, -0.1) is 0 Å². The number of esters is 1. The molecule has 4 nitrogen and oxygen atoms in total. The Hall–Kier alpha value is -2.77. The quantitative estimate of drug-likeness (QED) is 0.590. The van der Waals surface area contributed by atoms with E-state index in [0.717, 1.165) is 0 Å². The molecule has 1 aliphatic rings. The molecule has 1 heterocycles. The second-order valence-corrected chi connectivity index (χ2v) is 5.71. The molecule has 1 atom stereocenters. The zero-order valence-electron chi connectivity index (χ0n) is 12.8. The van der Waals surface area contributed by atoms with Gasteiger partial charge in [-0.2, -0.15) is 0 Å². The van der Waals surface area contributed by atoms with Gasteiger partial charge in [0.15, 0.2) is 5.78 Å². The molecule has 0 unspecified atom stereocenters. The first-order valence-electron chi connectivity index (χ1n) is 7.22. The lowest BCUT2D eigenvalue weighted by molar-refractivity contribution is -0.154. The number of hydrogen-bond acceptors (Lipinski definition) is 4. The van der Waals surface area contributed by atoms with Gasteiger partial charge in [0.25, 0.3) is 5.60 Å². The van der Waals surface area contributed by atoms with Gasteiger partial charge in [-0.3, -0.25) is 4.79 Å². The highest BCUT2D eigenvalue weighted by Gasteiger charge is 2.47. The van der Waals surface area contributed by atoms with E-state index in [-0.39, 0.29) is 12.2 Å². The Morgan fingerprint density at radius 3 is 2.62 bits per heavy atom. The molecule has 0 fully saturated rings. The molecular formula is C19H13ClO4. The lowest BCUT2D eigenvalue weighted by atomic mass is 9.90. The third kappa shape index (κ3) is 2.99. The number of methoxy groups -OCH3 is 1. The first-order chi connectivity index (χ1) is 11.5. The minimum Gasteiger partial charge on any atom is -0.465 e. The van der Waals surface area contributed by atoms with Crippen LogP contribution in [0.25, 0.3) is 0 Å². The predicted octanol–water partition coefficient (Wildman–Crippen LogP) is 3.27. The van der Waals surface area contributed by atoms with Crippen LogP contribution in [0.2, 0.25) is 5.02 Å². The largest absolute Gasteiger partial charge is 0.465 e. The molecule has 0 N–H and O–H groups in total. The number of benzene rings is 2. The monoisotopic (exact) mass is 340 g/mol. The van der Waals surface area contributed by atoms with Gasteiger partial charge in [0.05, 0.1) is 19.1 Å². The van der Waals surface area contributed by atoms with Crippen LogP contribution >= 0.6 is 11.6 Å². The molecule has 120 valence electrons. The Balaban J connectivity index is 2.03. The number of rotatable bonds is 1. The van der Waals surface area contributed by atoms with Gasteiger partial charge in [0.1, 0.15) is 5.75 Å². The summed E-state index contributed by atoms with van der Waals surface area (Å²) in [7, 11) is 1.24. The van der Waals surface area contributed by atoms with Crippen molar-refractivity contribution in [2.45, 2.75) is 12.0 Å². The number of Topliss-reactive ketones (excluding diaryl/α,β-unsaturated/α-hetero) is 1. The summed E-state index contributed by atoms with van der Waals surface area (Å²) < 4.78 is 10.6. The lowest BCUT2D eigenvalue weighted by Crippen LogP contribution is -2.48. The van der Waals surface area contributed by atoms with Crippen LogP contribution in [-0.4, -0.2) is 24.5 Å². The average molecular weight is 341 g/mol. The second-order valence-electron chi connectivity index (χ2n) is 5.27. The van der Waals surface area contributed by atoms with Gasteiger partial charge in [-0.05, 0) is 42.3 Å². The van der Waals surface area contributed by atoms with Crippen molar-refractivity contribution >= 4 is 23.4 Å². The maximum Gasteiger partial charge on any atom is 0.363 e. The molecular weight excluding hydrogens is 328 g/mol. The highest BCUT2D eigenvalue weighted by Crippen LogP contribution is 2.33. The van der Waals surface area contributed by atoms with E-state index >= 15 is 0 Å². The molecule has 24 heavy (non-hydrogen) atoms. The SMILES string of the molecule is COC(=O)[C@]1(C#Cc2ccc(Cl)cc2)CC(=O)c2ccccc2O1. The topological polar surface area (TPSA) is 52.6 Å². The fourth-order valence-corrected chi connectivity index (χ4v) is 2.56. The number of ketones is 1. The van der Waals surface area contributed by atoms with Gasteiger partial charge in [0.2, 0.25) is 0 Å². The summed E-state index contributed by atoms with van der Waals surface area (Å²) in [6.45, 7) is 0. The van der Waals surface area contributed by atoms with E-state index < -0.39 is 11.6 Å². The summed E-state index contributed by atoms with van der Waals surface area (Å²) in [5.41, 5.74) is -0.567. The molecule has 0 amide bonds. The van der Waals surface area contributed by atoms with Gasteiger partial charge in [-0.25, -0.2) is 4.79 Å². The zero-order chi connectivity index (χ0) is 17.2. The highest BCUT2D eigenvalue weighted by molar-refractivity contribution is 6.30. The average Bonchev–Trinajstić information content (AvgIpc) is 2.60. The third-order valence-corrected chi connectivity index (χ3v) is 3.90. The summed E-state index contributed by atoms with van der Waals surface area (Å²) >= 11 is 5.84. The highest BCUT2D eigenvalue weighted by atomic mass is 35.5. The van der Waals surface area contributed by atoms with Gasteiger partial charge in [-0.1, -0.05) is 29.7 Å². The second kappa shape index (κ2) is 6.38. The van der Waals surface area contributed by atoms with Crippen molar-refractivity contribution in [3.05, 3.63) is 64.7 Å². The van der Waals surface area contributed by atoms with E-state index in [1.807, 2.05) is 0 Å². The van der Waals surface area contributed by atoms with Gasteiger partial charge < -0.3 is 9.47 Å². The first kappa shape index (κ1) is 16.1. The number of halogens is 1. The molecule has 0 saturated heterocycles. The minimum absolute atomic E-state index is 0.197. The van der Waals surface area contributed by atoms with Crippen molar-refractivity contribution in [3.8, 4) is 17.6 Å². The zero-order valence-corrected chi connectivity index (χ0v) is 13.6. The smallest absolute Gasteiger partial charge is 0.363 e. The molecule has 2 aromatic carbocycles. The Morgan fingerprint density at radius 2 is 1.92 bits per heavy atom. The third-order valence-electron chi connectivity index (χ3n) is 3.65. The summed E-state index contributed by atoms with van der Waals surface area (Å²) in [4.78, 5) is 24.7. The Labute approximate surface area is 144 Å². The van der Waals surface area contributed by atoms with Crippen LogP contribution < -0.4 is 4.74 Å². The number of carbonyl (C=O) groups excluding carboxylic acids is 2. The molecule has 0 radical (unpaired) electrons. The van der Waals surface area contributed by atoms with Crippen LogP contribution in [0.1, 0.15) is 22.3 Å². The molecule has 1 aliphatic heterocycles. The summed E-state index contributed by atoms with van der Waals surface area (Å²) in [6.07, 6.45) is -0.197. The van der Waals surface area contributed by atoms with Crippen LogP contribution in [0.5, 0.6) is 5.75 Å². The van der Waals surface area contributed by atoms with E-state index in [2.05, 4.69) is 11.8 Å². The summed E-state index contributed by atoms with van der Waals surface area (Å²) in [6, 6.07) is 13.6. The van der Waals surface area contributed by atoms with E-state index in [1.165, 1.54) is 7.11 Å². The van der Waals surface area contributed by atoms with Crippen molar-refractivity contribution in [3.63, 3.8) is 0 Å². The fraction of sp³-hybridized carbons (Fsp3) is 0.158. The Bertz CT molecular complexity index is 861. The van der Waals surface area contributed by atoms with Crippen molar-refractivity contribution in [1.82, 2.24) is 0 Å². The molecule has 0 aromatic heterocycles. The first-order valence-corrected chi connectivity index (χ1v) is 7.60. The molecule has 0 bridgehead atoms. The maximum atomic E-state index is 12.4. The van der Waals surface area contributed by atoms with Crippen LogP contribution in [0.4, 0.5) is 0 Å². The molecule has 0 saturated carbocycles. The Morgan fingerprint density at radius 1 is 1.21 bits per heavy atom. The van der Waals surface area contributed by atoms with Crippen molar-refractivity contribution in [2.75, 3.05) is 7.11 Å². The number of hydrogen-bond donors (Lipinski definition) is 0. The Kier molecular flexibility index (Phi) is 4.28. The molecule has 2 aromatic rings. The van der Waals surface area contributed by atoms with E-state index in [0.29, 0.717) is 21.9 Å². The standard InChI is InChI=1S/C19H13ClO4/c1-23-18(22)19(11-10-13-6-8-14(20)9-7-13)12-16(21)15-4-2-3-5-17(15)24-19/h2-9H,12H2,1H3/t19-/m0/s1. The molecule has 5 heteroatoms. The minimum atomic E-state index is -1.65. The summed E-state index contributed by atoms with van der Waals surface area (Å²) in [5, 5.41) is 0.584. The van der Waals surface area contributed by atoms with Gasteiger partial charge in [0, 0.05) is 10.6 Å². The van der Waals surface area contributed by atoms with E-state index in [4.69, 9.17) is 21.1 Å². The number of carbonyl (C=O) groups is 2. The number of ether oxygens (including phenoxy) is 2. The van der Waals surface area contributed by atoms with Crippen molar-refractivity contribution < 1.29 is 19.1 Å². The molecule has 3 rings (SSSR count). The van der Waals surface area contributed by atoms with E-state index in [1.54, 1.807) is 48.5 Å². The molecule has 0 aliphatic carbocycles. The maximum absolute atomic E-state index is 12.4. The summed E-state index contributed by atoms with van der Waals surface area (Å²) in [5.74, 6) is 5.05. The van der Waals surface area contributed by atoms with Crippen molar-refractivity contribution in [1.29, 1.82) is 0 Å².